The van der Waals surface area contributed by atoms with E-state index in [-0.39, 0.29) is 0 Å². The van der Waals surface area contributed by atoms with Crippen LogP contribution in [-0.4, -0.2) is 16.3 Å². The molecule has 2 aromatic heterocycles. The number of thiophene rings is 1. The quantitative estimate of drug-likeness (QED) is 0.626. The number of hydrogen-bond donors (Lipinski definition) is 1. The minimum atomic E-state index is 0.361. The minimum absolute atomic E-state index is 0.361. The largest absolute Gasteiger partial charge is 0.310 e. The maximum Gasteiger partial charge on any atom is 0.0656 e. The third-order valence-electron chi connectivity index (χ3n) is 3.83. The molecule has 5 heteroatoms. The monoisotopic (exact) mass is 417 g/mol. The smallest absolute Gasteiger partial charge is 0.0656 e. The zero-order valence-electron chi connectivity index (χ0n) is 13.0. The molecule has 0 aliphatic heterocycles. The van der Waals surface area contributed by atoms with E-state index < -0.39 is 0 Å². The van der Waals surface area contributed by atoms with Gasteiger partial charge in [0.05, 0.1) is 14.6 Å². The first-order valence-electron chi connectivity index (χ1n) is 7.69. The SMILES string of the molecule is CCNC(Cc1ccn(C(CC)CC)n1)c1csc(I)c1. The summed E-state index contributed by atoms with van der Waals surface area (Å²) in [6.45, 7) is 7.59. The summed E-state index contributed by atoms with van der Waals surface area (Å²) in [6, 6.07) is 5.33. The fourth-order valence-corrected chi connectivity index (χ4v) is 4.05. The van der Waals surface area contributed by atoms with Gasteiger partial charge in [0.1, 0.15) is 0 Å². The average molecular weight is 417 g/mol. The molecule has 0 aliphatic rings. The number of rotatable bonds is 8. The van der Waals surface area contributed by atoms with E-state index in [0.29, 0.717) is 12.1 Å². The van der Waals surface area contributed by atoms with Crippen molar-refractivity contribution in [2.24, 2.45) is 0 Å². The standard InChI is InChI=1S/C16H24IN3S/c1-4-14(5-2)20-8-7-13(19-20)10-15(18-6-3)12-9-16(17)21-11-12/h7-9,11,14-15,18H,4-6,10H2,1-3H3. The van der Waals surface area contributed by atoms with Crippen molar-refractivity contribution >= 4 is 33.9 Å². The normalized spacial score (nSPS) is 13.0. The van der Waals surface area contributed by atoms with Gasteiger partial charge in [-0.05, 0) is 65.1 Å². The van der Waals surface area contributed by atoms with Crippen molar-refractivity contribution in [3.63, 3.8) is 0 Å². The van der Waals surface area contributed by atoms with Gasteiger partial charge >= 0.3 is 0 Å². The third-order valence-corrected chi connectivity index (χ3v) is 5.64. The summed E-state index contributed by atoms with van der Waals surface area (Å²) < 4.78 is 3.48. The molecule has 116 valence electrons. The second-order valence-electron chi connectivity index (χ2n) is 5.26. The molecule has 2 aromatic rings. The molecule has 0 spiro atoms. The van der Waals surface area contributed by atoms with Crippen molar-refractivity contribution in [3.8, 4) is 0 Å². The van der Waals surface area contributed by atoms with Crippen LogP contribution < -0.4 is 5.32 Å². The number of halogens is 1. The van der Waals surface area contributed by atoms with E-state index in [4.69, 9.17) is 5.10 Å². The zero-order chi connectivity index (χ0) is 15.2. The second-order valence-corrected chi connectivity index (χ2v) is 8.06. The van der Waals surface area contributed by atoms with Gasteiger partial charge < -0.3 is 5.32 Å². The molecule has 0 bridgehead atoms. The van der Waals surface area contributed by atoms with E-state index in [1.54, 1.807) is 0 Å². The van der Waals surface area contributed by atoms with Crippen molar-refractivity contribution in [2.75, 3.05) is 6.54 Å². The maximum absolute atomic E-state index is 4.78. The maximum atomic E-state index is 4.78. The van der Waals surface area contributed by atoms with Gasteiger partial charge in [-0.2, -0.15) is 5.10 Å². The Balaban J connectivity index is 2.10. The molecule has 1 atom stereocenters. The van der Waals surface area contributed by atoms with E-state index in [0.717, 1.165) is 25.8 Å². The Morgan fingerprint density at radius 1 is 1.33 bits per heavy atom. The summed E-state index contributed by atoms with van der Waals surface area (Å²) in [4.78, 5) is 0. The van der Waals surface area contributed by atoms with E-state index >= 15 is 0 Å². The Labute approximate surface area is 145 Å². The van der Waals surface area contributed by atoms with E-state index in [1.165, 1.54) is 14.1 Å². The van der Waals surface area contributed by atoms with Crippen LogP contribution in [0.25, 0.3) is 0 Å². The summed E-state index contributed by atoms with van der Waals surface area (Å²) in [5, 5.41) is 10.6. The predicted octanol–water partition coefficient (Wildman–Crippen LogP) is 4.80. The number of likely N-dealkylation sites (N-methyl/N-ethyl adjacent to an activating group) is 1. The molecule has 2 heterocycles. The molecule has 1 N–H and O–H groups in total. The zero-order valence-corrected chi connectivity index (χ0v) is 15.9. The Morgan fingerprint density at radius 2 is 2.10 bits per heavy atom. The summed E-state index contributed by atoms with van der Waals surface area (Å²) in [6.07, 6.45) is 5.36. The summed E-state index contributed by atoms with van der Waals surface area (Å²) >= 11 is 4.19. The van der Waals surface area contributed by atoms with Crippen LogP contribution in [0.5, 0.6) is 0 Å². The van der Waals surface area contributed by atoms with Crippen LogP contribution in [-0.2, 0) is 6.42 Å². The van der Waals surface area contributed by atoms with E-state index in [9.17, 15) is 0 Å². The third kappa shape index (κ3) is 4.53. The fraction of sp³-hybridized carbons (Fsp3) is 0.562. The molecule has 0 aliphatic carbocycles. The molecular weight excluding hydrogens is 393 g/mol. The number of nitrogens with one attached hydrogen (secondary N) is 1. The topological polar surface area (TPSA) is 29.9 Å². The van der Waals surface area contributed by atoms with Gasteiger partial charge in [-0.1, -0.05) is 20.8 Å². The molecule has 0 radical (unpaired) electrons. The molecule has 0 fully saturated rings. The number of nitrogens with zero attached hydrogens (tertiary/aromatic N) is 2. The molecule has 1 unspecified atom stereocenters. The molecule has 2 rings (SSSR count). The van der Waals surface area contributed by atoms with Crippen molar-refractivity contribution in [3.05, 3.63) is 37.9 Å². The van der Waals surface area contributed by atoms with Gasteiger partial charge in [-0.15, -0.1) is 11.3 Å². The first-order valence-corrected chi connectivity index (χ1v) is 9.65. The Kier molecular flexibility index (Phi) is 6.70. The Bertz CT molecular complexity index is 545. The van der Waals surface area contributed by atoms with Crippen LogP contribution in [0.1, 0.15) is 57.0 Å². The van der Waals surface area contributed by atoms with Crippen LogP contribution in [0.4, 0.5) is 0 Å². The molecule has 0 saturated heterocycles. The van der Waals surface area contributed by atoms with Crippen molar-refractivity contribution in [2.45, 2.75) is 52.1 Å². The minimum Gasteiger partial charge on any atom is -0.310 e. The lowest BCUT2D eigenvalue weighted by Gasteiger charge is -2.16. The van der Waals surface area contributed by atoms with Crippen molar-refractivity contribution < 1.29 is 0 Å². The van der Waals surface area contributed by atoms with Crippen LogP contribution in [0.15, 0.2) is 23.7 Å². The van der Waals surface area contributed by atoms with Gasteiger partial charge in [-0.25, -0.2) is 0 Å². The van der Waals surface area contributed by atoms with Crippen LogP contribution in [0.2, 0.25) is 0 Å². The lowest BCUT2D eigenvalue weighted by molar-refractivity contribution is 0.422. The van der Waals surface area contributed by atoms with Gasteiger partial charge in [0.2, 0.25) is 0 Å². The highest BCUT2D eigenvalue weighted by atomic mass is 127. The van der Waals surface area contributed by atoms with E-state index in [1.807, 2.05) is 11.3 Å². The lowest BCUT2D eigenvalue weighted by Crippen LogP contribution is -2.22. The summed E-state index contributed by atoms with van der Waals surface area (Å²) in [5.74, 6) is 0. The predicted molar refractivity (Wildman–Crippen MR) is 99.0 cm³/mol. The molecule has 0 aromatic carbocycles. The second kappa shape index (κ2) is 8.29. The molecule has 21 heavy (non-hydrogen) atoms. The van der Waals surface area contributed by atoms with Crippen LogP contribution in [0, 0.1) is 2.88 Å². The Hall–Kier alpha value is -0.400. The molecule has 0 saturated carbocycles. The summed E-state index contributed by atoms with van der Waals surface area (Å²) in [5.41, 5.74) is 2.55. The van der Waals surface area contributed by atoms with Crippen LogP contribution >= 0.6 is 33.9 Å². The van der Waals surface area contributed by atoms with Crippen molar-refractivity contribution in [1.82, 2.24) is 15.1 Å². The van der Waals surface area contributed by atoms with Gasteiger partial charge in [0.25, 0.3) is 0 Å². The molecule has 3 nitrogen and oxygen atoms in total. The van der Waals surface area contributed by atoms with Gasteiger partial charge in [0, 0.05) is 18.7 Å². The molecule has 0 amide bonds. The van der Waals surface area contributed by atoms with Gasteiger partial charge in [0.15, 0.2) is 0 Å². The highest BCUT2D eigenvalue weighted by molar-refractivity contribution is 14.1. The number of hydrogen-bond acceptors (Lipinski definition) is 3. The first-order chi connectivity index (χ1) is 10.2. The lowest BCUT2D eigenvalue weighted by atomic mass is 10.1. The van der Waals surface area contributed by atoms with Gasteiger partial charge in [-0.3, -0.25) is 4.68 Å². The summed E-state index contributed by atoms with van der Waals surface area (Å²) in [7, 11) is 0. The van der Waals surface area contributed by atoms with Crippen molar-refractivity contribution in [1.29, 1.82) is 0 Å². The highest BCUT2D eigenvalue weighted by Gasteiger charge is 2.15. The van der Waals surface area contributed by atoms with E-state index in [2.05, 4.69) is 77.1 Å². The average Bonchev–Trinajstić information content (AvgIpc) is 3.09. The fourth-order valence-electron chi connectivity index (χ4n) is 2.62. The molecular formula is C16H24IN3S. The first kappa shape index (κ1) is 17.0. The highest BCUT2D eigenvalue weighted by Crippen LogP contribution is 2.25. The van der Waals surface area contributed by atoms with Crippen LogP contribution in [0.3, 0.4) is 0 Å². The Morgan fingerprint density at radius 3 is 2.67 bits per heavy atom. The number of aromatic nitrogens is 2.